The van der Waals surface area contributed by atoms with Crippen molar-refractivity contribution in [2.75, 3.05) is 39.8 Å². The molecule has 1 aromatic carbocycles. The minimum absolute atomic E-state index is 0.117. The quantitative estimate of drug-likeness (QED) is 0.758. The van der Waals surface area contributed by atoms with Gasteiger partial charge in [-0.15, -0.1) is 0 Å². The van der Waals surface area contributed by atoms with Gasteiger partial charge in [0.05, 0.1) is 7.11 Å². The summed E-state index contributed by atoms with van der Waals surface area (Å²) in [5.41, 5.74) is 1.78. The Hall–Kier alpha value is -1.55. The van der Waals surface area contributed by atoms with Gasteiger partial charge in [0, 0.05) is 31.7 Å². The number of nitrogens with zero attached hydrogens (tertiary/aromatic N) is 2. The standard InChI is InChI=1S/C18H28N2O2/c1-4-5-6-9-19-10-12-20(13-11-19)18(21)16-8-7-15(2)17(14-16)22-3/h7-8,14H,4-6,9-13H2,1-3H3. The van der Waals surface area contributed by atoms with E-state index in [0.29, 0.717) is 0 Å². The topological polar surface area (TPSA) is 32.8 Å². The second-order valence-electron chi connectivity index (χ2n) is 6.03. The van der Waals surface area contributed by atoms with Crippen LogP contribution in [0.15, 0.2) is 18.2 Å². The highest BCUT2D eigenvalue weighted by molar-refractivity contribution is 5.94. The molecule has 0 unspecified atom stereocenters. The molecule has 0 aliphatic carbocycles. The fraction of sp³-hybridized carbons (Fsp3) is 0.611. The molecule has 1 fully saturated rings. The van der Waals surface area contributed by atoms with Gasteiger partial charge in [0.25, 0.3) is 5.91 Å². The lowest BCUT2D eigenvalue weighted by Gasteiger charge is -2.34. The van der Waals surface area contributed by atoms with E-state index in [9.17, 15) is 4.79 Å². The minimum Gasteiger partial charge on any atom is -0.496 e. The van der Waals surface area contributed by atoms with Crippen molar-refractivity contribution < 1.29 is 9.53 Å². The number of amides is 1. The number of hydrogen-bond donors (Lipinski definition) is 0. The summed E-state index contributed by atoms with van der Waals surface area (Å²) in [5.74, 6) is 0.899. The number of carbonyl (C=O) groups is 1. The van der Waals surface area contributed by atoms with Crippen LogP contribution in [0, 0.1) is 6.92 Å². The largest absolute Gasteiger partial charge is 0.496 e. The van der Waals surface area contributed by atoms with Gasteiger partial charge in [-0.2, -0.15) is 0 Å². The van der Waals surface area contributed by atoms with E-state index in [1.54, 1.807) is 7.11 Å². The lowest BCUT2D eigenvalue weighted by molar-refractivity contribution is 0.0635. The zero-order valence-electron chi connectivity index (χ0n) is 14.1. The van der Waals surface area contributed by atoms with E-state index in [1.165, 1.54) is 19.3 Å². The highest BCUT2D eigenvalue weighted by atomic mass is 16.5. The first-order valence-electron chi connectivity index (χ1n) is 8.32. The maximum Gasteiger partial charge on any atom is 0.254 e. The third kappa shape index (κ3) is 4.23. The van der Waals surface area contributed by atoms with Crippen molar-refractivity contribution in [3.05, 3.63) is 29.3 Å². The van der Waals surface area contributed by atoms with E-state index in [2.05, 4.69) is 11.8 Å². The fourth-order valence-corrected chi connectivity index (χ4v) is 2.90. The zero-order valence-corrected chi connectivity index (χ0v) is 14.1. The van der Waals surface area contributed by atoms with Gasteiger partial charge in [-0.05, 0) is 37.6 Å². The number of benzene rings is 1. The minimum atomic E-state index is 0.117. The van der Waals surface area contributed by atoms with Gasteiger partial charge in [-0.3, -0.25) is 9.69 Å². The molecule has 122 valence electrons. The van der Waals surface area contributed by atoms with Crippen molar-refractivity contribution in [1.29, 1.82) is 0 Å². The van der Waals surface area contributed by atoms with E-state index in [1.807, 2.05) is 30.0 Å². The number of unbranched alkanes of at least 4 members (excludes halogenated alkanes) is 2. The first-order valence-corrected chi connectivity index (χ1v) is 8.32. The first kappa shape index (κ1) is 16.8. The molecule has 0 spiro atoms. The predicted molar refractivity (Wildman–Crippen MR) is 89.6 cm³/mol. The highest BCUT2D eigenvalue weighted by Gasteiger charge is 2.22. The molecule has 4 nitrogen and oxygen atoms in total. The SMILES string of the molecule is CCCCCN1CCN(C(=O)c2ccc(C)c(OC)c2)CC1. The van der Waals surface area contributed by atoms with E-state index in [-0.39, 0.29) is 5.91 Å². The molecule has 0 N–H and O–H groups in total. The van der Waals surface area contributed by atoms with Crippen molar-refractivity contribution in [1.82, 2.24) is 9.80 Å². The average Bonchev–Trinajstić information content (AvgIpc) is 2.55. The molecule has 0 atom stereocenters. The van der Waals surface area contributed by atoms with Gasteiger partial charge in [-0.25, -0.2) is 0 Å². The van der Waals surface area contributed by atoms with Crippen LogP contribution in [0.2, 0.25) is 0 Å². The van der Waals surface area contributed by atoms with Gasteiger partial charge < -0.3 is 9.64 Å². The summed E-state index contributed by atoms with van der Waals surface area (Å²) in [6, 6.07) is 5.70. The summed E-state index contributed by atoms with van der Waals surface area (Å²) in [6.45, 7) is 8.99. The summed E-state index contributed by atoms with van der Waals surface area (Å²) < 4.78 is 5.32. The van der Waals surface area contributed by atoms with Crippen LogP contribution in [-0.2, 0) is 0 Å². The summed E-state index contributed by atoms with van der Waals surface area (Å²) >= 11 is 0. The van der Waals surface area contributed by atoms with Crippen molar-refractivity contribution in [3.63, 3.8) is 0 Å². The Morgan fingerprint density at radius 1 is 1.18 bits per heavy atom. The van der Waals surface area contributed by atoms with Crippen LogP contribution in [0.25, 0.3) is 0 Å². The van der Waals surface area contributed by atoms with Crippen LogP contribution in [-0.4, -0.2) is 55.5 Å². The smallest absolute Gasteiger partial charge is 0.254 e. The van der Waals surface area contributed by atoms with Gasteiger partial charge in [0.15, 0.2) is 0 Å². The molecular weight excluding hydrogens is 276 g/mol. The molecular formula is C18H28N2O2. The molecule has 1 amide bonds. The molecule has 0 bridgehead atoms. The van der Waals surface area contributed by atoms with Crippen LogP contribution >= 0.6 is 0 Å². The fourth-order valence-electron chi connectivity index (χ4n) is 2.90. The van der Waals surface area contributed by atoms with E-state index in [4.69, 9.17) is 4.74 Å². The molecule has 0 aromatic heterocycles. The number of piperazine rings is 1. The molecule has 22 heavy (non-hydrogen) atoms. The lowest BCUT2D eigenvalue weighted by Crippen LogP contribution is -2.48. The Kier molecular flexibility index (Phi) is 6.25. The number of hydrogen-bond acceptors (Lipinski definition) is 3. The molecule has 1 aliphatic heterocycles. The van der Waals surface area contributed by atoms with Crippen molar-refractivity contribution in [2.24, 2.45) is 0 Å². The Morgan fingerprint density at radius 3 is 2.55 bits per heavy atom. The van der Waals surface area contributed by atoms with Crippen molar-refractivity contribution in [3.8, 4) is 5.75 Å². The van der Waals surface area contributed by atoms with Crippen LogP contribution in [0.1, 0.15) is 42.1 Å². The van der Waals surface area contributed by atoms with Crippen molar-refractivity contribution >= 4 is 5.91 Å². The Morgan fingerprint density at radius 2 is 1.91 bits per heavy atom. The van der Waals surface area contributed by atoms with Gasteiger partial charge in [0.2, 0.25) is 0 Å². The maximum absolute atomic E-state index is 12.6. The first-order chi connectivity index (χ1) is 10.7. The summed E-state index contributed by atoms with van der Waals surface area (Å²) in [5, 5.41) is 0. The molecule has 0 saturated carbocycles. The Bertz CT molecular complexity index is 494. The number of carbonyl (C=O) groups excluding carboxylic acids is 1. The van der Waals surface area contributed by atoms with Crippen LogP contribution < -0.4 is 4.74 Å². The molecule has 1 aliphatic rings. The number of methoxy groups -OCH3 is 1. The Labute approximate surface area is 134 Å². The molecule has 1 heterocycles. The maximum atomic E-state index is 12.6. The predicted octanol–water partition coefficient (Wildman–Crippen LogP) is 2.95. The third-order valence-corrected chi connectivity index (χ3v) is 4.39. The second kappa shape index (κ2) is 8.18. The molecule has 0 radical (unpaired) electrons. The van der Waals surface area contributed by atoms with E-state index in [0.717, 1.165) is 49.6 Å². The summed E-state index contributed by atoms with van der Waals surface area (Å²) in [6.07, 6.45) is 3.82. The van der Waals surface area contributed by atoms with E-state index < -0.39 is 0 Å². The van der Waals surface area contributed by atoms with E-state index >= 15 is 0 Å². The van der Waals surface area contributed by atoms with Gasteiger partial charge in [-0.1, -0.05) is 25.8 Å². The molecule has 2 rings (SSSR count). The normalized spacial score (nSPS) is 15.9. The number of ether oxygens (including phenoxy) is 1. The van der Waals surface area contributed by atoms with Crippen LogP contribution in [0.5, 0.6) is 5.75 Å². The number of rotatable bonds is 6. The highest BCUT2D eigenvalue weighted by Crippen LogP contribution is 2.20. The molecule has 1 aromatic rings. The monoisotopic (exact) mass is 304 g/mol. The Balaban J connectivity index is 1.89. The lowest BCUT2D eigenvalue weighted by atomic mass is 10.1. The average molecular weight is 304 g/mol. The van der Waals surface area contributed by atoms with Crippen LogP contribution in [0.4, 0.5) is 0 Å². The summed E-state index contributed by atoms with van der Waals surface area (Å²) in [4.78, 5) is 17.0. The zero-order chi connectivity index (χ0) is 15.9. The second-order valence-corrected chi connectivity index (χ2v) is 6.03. The van der Waals surface area contributed by atoms with Gasteiger partial charge in [0.1, 0.15) is 5.75 Å². The summed E-state index contributed by atoms with van der Waals surface area (Å²) in [7, 11) is 1.64. The number of aryl methyl sites for hydroxylation is 1. The third-order valence-electron chi connectivity index (χ3n) is 4.39. The van der Waals surface area contributed by atoms with Crippen LogP contribution in [0.3, 0.4) is 0 Å². The van der Waals surface area contributed by atoms with Gasteiger partial charge >= 0.3 is 0 Å². The van der Waals surface area contributed by atoms with Crippen molar-refractivity contribution in [2.45, 2.75) is 33.1 Å². The molecule has 4 heteroatoms. The molecule has 1 saturated heterocycles.